The Kier molecular flexibility index (Phi) is 6.58. The minimum Gasteiger partial charge on any atom is -0.481 e. The minimum absolute atomic E-state index is 0.117. The van der Waals surface area contributed by atoms with Gasteiger partial charge in [0, 0.05) is 42.2 Å². The Balaban J connectivity index is 1.49. The number of rotatable bonds is 5. The third kappa shape index (κ3) is 4.89. The summed E-state index contributed by atoms with van der Waals surface area (Å²) in [6.07, 6.45) is 3.82. The second kappa shape index (κ2) is 9.29. The summed E-state index contributed by atoms with van der Waals surface area (Å²) in [5.41, 5.74) is 3.94. The van der Waals surface area contributed by atoms with Crippen LogP contribution in [0.3, 0.4) is 0 Å². The van der Waals surface area contributed by atoms with Crippen molar-refractivity contribution in [3.63, 3.8) is 0 Å². The van der Waals surface area contributed by atoms with Gasteiger partial charge in [-0.3, -0.25) is 9.79 Å². The molecule has 8 nitrogen and oxygen atoms in total. The lowest BCUT2D eigenvalue weighted by Crippen LogP contribution is -2.44. The molecule has 1 atom stereocenters. The maximum atomic E-state index is 13.4. The second-order valence-corrected chi connectivity index (χ2v) is 10.6. The number of nitrogens with one attached hydrogen (secondary N) is 1. The first-order valence-corrected chi connectivity index (χ1v) is 12.4. The first-order valence-electron chi connectivity index (χ1n) is 11.2. The number of benzene rings is 1. The zero-order valence-corrected chi connectivity index (χ0v) is 21.0. The van der Waals surface area contributed by atoms with Gasteiger partial charge in [-0.25, -0.2) is 9.78 Å². The highest BCUT2D eigenvalue weighted by Gasteiger charge is 2.46. The quantitative estimate of drug-likeness (QED) is 0.689. The Morgan fingerprint density at radius 3 is 2.65 bits per heavy atom. The summed E-state index contributed by atoms with van der Waals surface area (Å²) < 4.78 is 9.91. The lowest BCUT2D eigenvalue weighted by molar-refractivity contribution is -0.118. The largest absolute Gasteiger partial charge is 0.481 e. The Labute approximate surface area is 204 Å². The van der Waals surface area contributed by atoms with Crippen LogP contribution < -0.4 is 10.1 Å². The number of amides is 2. The predicted octanol–water partition coefficient (Wildman–Crippen LogP) is 4.12. The number of hydrogen-bond donors (Lipinski definition) is 1. The van der Waals surface area contributed by atoms with Crippen molar-refractivity contribution in [2.75, 3.05) is 31.8 Å². The second-order valence-electron chi connectivity index (χ2n) is 9.43. The van der Waals surface area contributed by atoms with Crippen LogP contribution in [0.25, 0.3) is 0 Å². The molecule has 180 valence electrons. The molecule has 0 saturated carbocycles. The van der Waals surface area contributed by atoms with Gasteiger partial charge in [0.1, 0.15) is 10.3 Å². The number of thioether (sulfide) groups is 1. The van der Waals surface area contributed by atoms with E-state index in [9.17, 15) is 9.59 Å². The molecule has 2 aromatic rings. The highest BCUT2D eigenvalue weighted by Crippen LogP contribution is 2.36. The molecule has 9 heteroatoms. The monoisotopic (exact) mass is 482 g/mol. The summed E-state index contributed by atoms with van der Waals surface area (Å²) in [5, 5.41) is 3.07. The van der Waals surface area contributed by atoms with Crippen LogP contribution in [-0.4, -0.2) is 64.4 Å². The van der Waals surface area contributed by atoms with Crippen LogP contribution in [0.1, 0.15) is 43.9 Å². The number of carbonyl (C=O) groups is 2. The lowest BCUT2D eigenvalue weighted by atomic mass is 10.00. The molecule has 0 aliphatic carbocycles. The van der Waals surface area contributed by atoms with E-state index >= 15 is 0 Å². The van der Waals surface area contributed by atoms with Crippen LogP contribution in [-0.2, 0) is 16.1 Å². The van der Waals surface area contributed by atoms with E-state index in [0.717, 1.165) is 22.4 Å². The van der Waals surface area contributed by atoms with Crippen LogP contribution in [0, 0.1) is 0 Å². The fourth-order valence-electron chi connectivity index (χ4n) is 4.10. The van der Waals surface area contributed by atoms with Crippen molar-refractivity contribution in [1.29, 1.82) is 0 Å². The van der Waals surface area contributed by atoms with Crippen LogP contribution in [0.5, 0.6) is 5.88 Å². The Morgan fingerprint density at radius 1 is 1.21 bits per heavy atom. The summed E-state index contributed by atoms with van der Waals surface area (Å²) in [6, 6.07) is 9.58. The van der Waals surface area contributed by atoms with Gasteiger partial charge in [0.15, 0.2) is 0 Å². The van der Waals surface area contributed by atoms with Gasteiger partial charge in [0.05, 0.1) is 19.4 Å². The summed E-state index contributed by atoms with van der Waals surface area (Å²) in [4.78, 5) is 36.5. The SMILES string of the molecule is COc1ccc(C2=NCc3ccc(NC(=O)[C@]4(SC)CCN(C(=O)OC(C)(C)C)C4)cc32)cn1. The third-order valence-electron chi connectivity index (χ3n) is 5.94. The molecule has 0 bridgehead atoms. The molecule has 34 heavy (non-hydrogen) atoms. The number of pyridine rings is 1. The van der Waals surface area contributed by atoms with Gasteiger partial charge in [-0.1, -0.05) is 6.07 Å². The van der Waals surface area contributed by atoms with Crippen molar-refractivity contribution in [3.8, 4) is 5.88 Å². The number of carbonyl (C=O) groups excluding carboxylic acids is 2. The fraction of sp³-hybridized carbons (Fsp3) is 0.440. The molecule has 1 aromatic heterocycles. The van der Waals surface area contributed by atoms with Gasteiger partial charge in [-0.15, -0.1) is 11.8 Å². The molecule has 2 aliphatic heterocycles. The van der Waals surface area contributed by atoms with Gasteiger partial charge in [0.2, 0.25) is 11.8 Å². The lowest BCUT2D eigenvalue weighted by Gasteiger charge is -2.28. The number of methoxy groups -OCH3 is 1. The van der Waals surface area contributed by atoms with E-state index in [4.69, 9.17) is 9.47 Å². The smallest absolute Gasteiger partial charge is 0.410 e. The minimum atomic E-state index is -0.729. The number of anilines is 1. The van der Waals surface area contributed by atoms with E-state index in [1.54, 1.807) is 24.3 Å². The molecule has 2 aliphatic rings. The molecule has 2 amide bonds. The van der Waals surface area contributed by atoms with E-state index in [-0.39, 0.29) is 12.0 Å². The molecule has 1 N–H and O–H groups in total. The summed E-state index contributed by atoms with van der Waals surface area (Å²) in [6.45, 7) is 6.89. The Bertz CT molecular complexity index is 1130. The summed E-state index contributed by atoms with van der Waals surface area (Å²) in [5.74, 6) is 0.427. The van der Waals surface area contributed by atoms with Gasteiger partial charge in [-0.05, 0) is 57.2 Å². The number of fused-ring (bicyclic) bond motifs is 1. The number of hydrogen-bond acceptors (Lipinski definition) is 7. The Morgan fingerprint density at radius 2 is 2.00 bits per heavy atom. The van der Waals surface area contributed by atoms with Crippen molar-refractivity contribution in [3.05, 3.63) is 53.2 Å². The van der Waals surface area contributed by atoms with E-state index in [2.05, 4.69) is 15.3 Å². The molecule has 0 radical (unpaired) electrons. The molecular weight excluding hydrogens is 452 g/mol. The van der Waals surface area contributed by atoms with Gasteiger partial charge >= 0.3 is 6.09 Å². The number of aromatic nitrogens is 1. The molecule has 1 fully saturated rings. The molecule has 0 unspecified atom stereocenters. The molecule has 3 heterocycles. The fourth-order valence-corrected chi connectivity index (χ4v) is 4.92. The number of nitrogens with zero attached hydrogens (tertiary/aromatic N) is 3. The molecule has 1 saturated heterocycles. The van der Waals surface area contributed by atoms with Gasteiger partial charge in [-0.2, -0.15) is 0 Å². The van der Waals surface area contributed by atoms with Crippen LogP contribution in [0.15, 0.2) is 41.5 Å². The number of likely N-dealkylation sites (tertiary alicyclic amines) is 1. The van der Waals surface area contributed by atoms with Gasteiger partial charge < -0.3 is 19.7 Å². The zero-order chi connectivity index (χ0) is 24.5. The standard InChI is InChI=1S/C25H30N4O4S/c1-24(2,3)33-23(31)29-11-10-25(15-29,34-5)22(30)28-18-8-6-16-13-27-21(19(16)12-18)17-7-9-20(32-4)26-14-17/h6-9,12,14H,10-11,13,15H2,1-5H3,(H,28,30)/t25-/m0/s1. The van der Waals surface area contributed by atoms with Crippen LogP contribution in [0.2, 0.25) is 0 Å². The molecule has 0 spiro atoms. The summed E-state index contributed by atoms with van der Waals surface area (Å²) >= 11 is 1.47. The number of ether oxygens (including phenoxy) is 2. The zero-order valence-electron chi connectivity index (χ0n) is 20.2. The highest BCUT2D eigenvalue weighted by molar-refractivity contribution is 8.00. The Hall–Kier alpha value is -3.07. The van der Waals surface area contributed by atoms with Crippen LogP contribution in [0.4, 0.5) is 10.5 Å². The van der Waals surface area contributed by atoms with E-state index in [0.29, 0.717) is 37.6 Å². The maximum Gasteiger partial charge on any atom is 0.410 e. The van der Waals surface area contributed by atoms with Crippen molar-refractivity contribution in [2.45, 2.75) is 44.1 Å². The average Bonchev–Trinajstić information content (AvgIpc) is 3.43. The first-order chi connectivity index (χ1) is 16.1. The summed E-state index contributed by atoms with van der Waals surface area (Å²) in [7, 11) is 1.58. The predicted molar refractivity (Wildman–Crippen MR) is 134 cm³/mol. The molecule has 1 aromatic carbocycles. The van der Waals surface area contributed by atoms with E-state index in [1.165, 1.54) is 11.8 Å². The third-order valence-corrected chi connectivity index (χ3v) is 7.24. The van der Waals surface area contributed by atoms with E-state index < -0.39 is 10.3 Å². The number of aliphatic imine (C=N–C) groups is 1. The van der Waals surface area contributed by atoms with Crippen molar-refractivity contribution in [2.24, 2.45) is 4.99 Å². The first kappa shape index (κ1) is 24.1. The van der Waals surface area contributed by atoms with Crippen molar-refractivity contribution in [1.82, 2.24) is 9.88 Å². The normalized spacial score (nSPS) is 19.4. The van der Waals surface area contributed by atoms with Crippen molar-refractivity contribution < 1.29 is 19.1 Å². The van der Waals surface area contributed by atoms with E-state index in [1.807, 2.05) is 51.3 Å². The maximum absolute atomic E-state index is 13.4. The highest BCUT2D eigenvalue weighted by atomic mass is 32.2. The van der Waals surface area contributed by atoms with Gasteiger partial charge in [0.25, 0.3) is 0 Å². The van der Waals surface area contributed by atoms with Crippen molar-refractivity contribution >= 4 is 35.2 Å². The average molecular weight is 483 g/mol. The molecule has 4 rings (SSSR count). The topological polar surface area (TPSA) is 93.1 Å². The molecular formula is C25H30N4O4S. The van der Waals surface area contributed by atoms with Crippen LogP contribution >= 0.6 is 11.8 Å².